The zero-order valence-electron chi connectivity index (χ0n) is 11.2. The minimum absolute atomic E-state index is 0.370. The number of hydrogen-bond acceptors (Lipinski definition) is 4. The first-order chi connectivity index (χ1) is 8.31. The zero-order chi connectivity index (χ0) is 13.8. The first-order valence-electron chi connectivity index (χ1n) is 5.97. The maximum Gasteiger partial charge on any atom is 0.413 e. The summed E-state index contributed by atoms with van der Waals surface area (Å²) in [5.41, 5.74) is -0.0176. The third-order valence-electron chi connectivity index (χ3n) is 2.13. The highest BCUT2D eigenvalue weighted by molar-refractivity contribution is 5.83. The van der Waals surface area contributed by atoms with Gasteiger partial charge in [-0.1, -0.05) is 13.0 Å². The van der Waals surface area contributed by atoms with E-state index < -0.39 is 17.8 Å². The van der Waals surface area contributed by atoms with Crippen molar-refractivity contribution < 1.29 is 14.6 Å². The van der Waals surface area contributed by atoms with E-state index in [4.69, 9.17) is 4.74 Å². The maximum absolute atomic E-state index is 11.5. The van der Waals surface area contributed by atoms with Crippen LogP contribution in [0.2, 0.25) is 0 Å². The Bertz CT molecular complexity index is 413. The van der Waals surface area contributed by atoms with Gasteiger partial charge < -0.3 is 9.84 Å². The van der Waals surface area contributed by atoms with Gasteiger partial charge in [0.05, 0.1) is 11.8 Å². The number of ether oxygens (including phenoxy) is 1. The molecule has 1 heterocycles. The molecule has 0 spiro atoms. The number of pyridine rings is 1. The first kappa shape index (κ1) is 14.4. The maximum atomic E-state index is 11.5. The van der Waals surface area contributed by atoms with Gasteiger partial charge in [-0.3, -0.25) is 5.32 Å². The van der Waals surface area contributed by atoms with Gasteiger partial charge in [0.25, 0.3) is 0 Å². The van der Waals surface area contributed by atoms with E-state index in [1.54, 1.807) is 39.0 Å². The second-order valence-corrected chi connectivity index (χ2v) is 5.00. The van der Waals surface area contributed by atoms with Crippen molar-refractivity contribution in [2.24, 2.45) is 0 Å². The van der Waals surface area contributed by atoms with E-state index in [0.29, 0.717) is 17.9 Å². The molecule has 2 N–H and O–H groups in total. The van der Waals surface area contributed by atoms with Crippen LogP contribution < -0.4 is 5.32 Å². The Kier molecular flexibility index (Phi) is 4.67. The van der Waals surface area contributed by atoms with Gasteiger partial charge in [0.15, 0.2) is 0 Å². The Morgan fingerprint density at radius 2 is 2.17 bits per heavy atom. The third kappa shape index (κ3) is 4.71. The van der Waals surface area contributed by atoms with Crippen molar-refractivity contribution in [1.29, 1.82) is 0 Å². The van der Waals surface area contributed by atoms with E-state index in [9.17, 15) is 9.90 Å². The summed E-state index contributed by atoms with van der Waals surface area (Å²) in [6.45, 7) is 7.23. The van der Waals surface area contributed by atoms with Crippen molar-refractivity contribution in [2.75, 3.05) is 5.32 Å². The first-order valence-corrected chi connectivity index (χ1v) is 5.97. The molecule has 18 heavy (non-hydrogen) atoms. The summed E-state index contributed by atoms with van der Waals surface area (Å²) in [5.74, 6) is 0.370. The van der Waals surface area contributed by atoms with E-state index in [-0.39, 0.29) is 0 Å². The van der Waals surface area contributed by atoms with E-state index in [2.05, 4.69) is 10.3 Å². The Labute approximate surface area is 107 Å². The van der Waals surface area contributed by atoms with Crippen LogP contribution >= 0.6 is 0 Å². The highest BCUT2D eigenvalue weighted by Gasteiger charge is 2.17. The monoisotopic (exact) mass is 252 g/mol. The summed E-state index contributed by atoms with van der Waals surface area (Å²) >= 11 is 0. The smallest absolute Gasteiger partial charge is 0.413 e. The van der Waals surface area contributed by atoms with Gasteiger partial charge in [-0.15, -0.1) is 0 Å². The molecular weight excluding hydrogens is 232 g/mol. The van der Waals surface area contributed by atoms with Crippen LogP contribution in [-0.4, -0.2) is 21.8 Å². The summed E-state index contributed by atoms with van der Waals surface area (Å²) in [7, 11) is 0. The molecule has 1 aromatic rings. The standard InChI is InChI=1S/C13H20N2O3/c1-5-10(16)9-7-6-8-11(14-9)15-12(17)18-13(2,3)4/h6-8,10,16H,5H2,1-4H3,(H,14,15,17)/t10-/m1/s1. The normalized spacial score (nSPS) is 12.9. The highest BCUT2D eigenvalue weighted by Crippen LogP contribution is 2.16. The molecule has 0 aliphatic carbocycles. The molecule has 100 valence electrons. The molecule has 0 fully saturated rings. The molecular formula is C13H20N2O3. The van der Waals surface area contributed by atoms with Gasteiger partial charge in [-0.2, -0.15) is 0 Å². The predicted molar refractivity (Wildman–Crippen MR) is 69.3 cm³/mol. The lowest BCUT2D eigenvalue weighted by Gasteiger charge is -2.19. The molecule has 0 aliphatic rings. The summed E-state index contributed by atoms with van der Waals surface area (Å²) in [5, 5.41) is 12.2. The number of rotatable bonds is 3. The van der Waals surface area contributed by atoms with Crippen LogP contribution in [-0.2, 0) is 4.74 Å². The molecule has 0 aromatic carbocycles. The number of carbonyl (C=O) groups is 1. The Morgan fingerprint density at radius 1 is 1.50 bits per heavy atom. The largest absolute Gasteiger partial charge is 0.444 e. The van der Waals surface area contributed by atoms with Crippen LogP contribution in [0.4, 0.5) is 10.6 Å². The summed E-state index contributed by atoms with van der Waals surface area (Å²) in [6.07, 6.45) is -0.605. The van der Waals surface area contributed by atoms with Gasteiger partial charge in [-0.05, 0) is 39.3 Å². The van der Waals surface area contributed by atoms with Crippen molar-refractivity contribution in [1.82, 2.24) is 4.98 Å². The van der Waals surface area contributed by atoms with Crippen LogP contribution in [0.15, 0.2) is 18.2 Å². The van der Waals surface area contributed by atoms with Gasteiger partial charge in [0, 0.05) is 0 Å². The summed E-state index contributed by atoms with van der Waals surface area (Å²) in [6, 6.07) is 5.10. The number of hydrogen-bond donors (Lipinski definition) is 2. The molecule has 1 amide bonds. The van der Waals surface area contributed by atoms with E-state index in [1.165, 1.54) is 0 Å². The van der Waals surface area contributed by atoms with Crippen molar-refractivity contribution >= 4 is 11.9 Å². The van der Waals surface area contributed by atoms with Crippen molar-refractivity contribution in [3.05, 3.63) is 23.9 Å². The lowest BCUT2D eigenvalue weighted by Crippen LogP contribution is -2.27. The zero-order valence-corrected chi connectivity index (χ0v) is 11.2. The minimum atomic E-state index is -0.620. The minimum Gasteiger partial charge on any atom is -0.444 e. The molecule has 1 aromatic heterocycles. The Morgan fingerprint density at radius 3 is 2.72 bits per heavy atom. The molecule has 0 radical (unpaired) electrons. The number of aliphatic hydroxyl groups is 1. The van der Waals surface area contributed by atoms with Crippen LogP contribution in [0.5, 0.6) is 0 Å². The number of carbonyl (C=O) groups excluding carboxylic acids is 1. The van der Waals surface area contributed by atoms with E-state index in [1.807, 2.05) is 6.92 Å². The van der Waals surface area contributed by atoms with Gasteiger partial charge in [-0.25, -0.2) is 9.78 Å². The number of nitrogens with one attached hydrogen (secondary N) is 1. The lowest BCUT2D eigenvalue weighted by atomic mass is 10.2. The van der Waals surface area contributed by atoms with Gasteiger partial charge in [0.2, 0.25) is 0 Å². The lowest BCUT2D eigenvalue weighted by molar-refractivity contribution is 0.0635. The SMILES string of the molecule is CC[C@@H](O)c1cccc(NC(=O)OC(C)(C)C)n1. The van der Waals surface area contributed by atoms with Crippen LogP contribution in [0, 0.1) is 0 Å². The van der Waals surface area contributed by atoms with Gasteiger partial charge >= 0.3 is 6.09 Å². The third-order valence-corrected chi connectivity index (χ3v) is 2.13. The number of amides is 1. The average molecular weight is 252 g/mol. The summed E-state index contributed by atoms with van der Waals surface area (Å²) in [4.78, 5) is 15.7. The molecule has 0 bridgehead atoms. The topological polar surface area (TPSA) is 71.5 Å². The number of aliphatic hydroxyl groups excluding tert-OH is 1. The average Bonchev–Trinajstić information content (AvgIpc) is 2.25. The molecule has 0 saturated carbocycles. The van der Waals surface area contributed by atoms with Crippen molar-refractivity contribution in [3.63, 3.8) is 0 Å². The molecule has 1 atom stereocenters. The molecule has 0 aliphatic heterocycles. The fourth-order valence-electron chi connectivity index (χ4n) is 1.32. The molecule has 0 saturated heterocycles. The van der Waals surface area contributed by atoms with E-state index >= 15 is 0 Å². The molecule has 0 unspecified atom stereocenters. The summed E-state index contributed by atoms with van der Waals surface area (Å²) < 4.78 is 5.12. The number of nitrogens with zero attached hydrogens (tertiary/aromatic N) is 1. The van der Waals surface area contributed by atoms with Crippen molar-refractivity contribution in [3.8, 4) is 0 Å². The van der Waals surface area contributed by atoms with Crippen LogP contribution in [0.3, 0.4) is 0 Å². The fourth-order valence-corrected chi connectivity index (χ4v) is 1.32. The van der Waals surface area contributed by atoms with Crippen LogP contribution in [0.1, 0.15) is 45.9 Å². The van der Waals surface area contributed by atoms with Gasteiger partial charge in [0.1, 0.15) is 11.4 Å². The fraction of sp³-hybridized carbons (Fsp3) is 0.538. The predicted octanol–water partition coefficient (Wildman–Crippen LogP) is 2.87. The van der Waals surface area contributed by atoms with Crippen LogP contribution in [0.25, 0.3) is 0 Å². The second kappa shape index (κ2) is 5.82. The molecule has 1 rings (SSSR count). The molecule has 5 nitrogen and oxygen atoms in total. The second-order valence-electron chi connectivity index (χ2n) is 5.00. The highest BCUT2D eigenvalue weighted by atomic mass is 16.6. The van der Waals surface area contributed by atoms with E-state index in [0.717, 1.165) is 0 Å². The quantitative estimate of drug-likeness (QED) is 0.867. The molecule has 5 heteroatoms. The Hall–Kier alpha value is -1.62. The number of aromatic nitrogens is 1. The Balaban J connectivity index is 2.71. The number of anilines is 1. The van der Waals surface area contributed by atoms with Crippen molar-refractivity contribution in [2.45, 2.75) is 45.8 Å².